The van der Waals surface area contributed by atoms with Crippen molar-refractivity contribution >= 4 is 27.3 Å². The van der Waals surface area contributed by atoms with Crippen molar-refractivity contribution in [2.75, 3.05) is 24.4 Å². The third-order valence-electron chi connectivity index (χ3n) is 9.11. The van der Waals surface area contributed by atoms with Gasteiger partial charge in [-0.15, -0.1) is 0 Å². The van der Waals surface area contributed by atoms with E-state index in [1.165, 1.54) is 0 Å². The second-order valence-electron chi connectivity index (χ2n) is 12.2. The molecule has 0 amide bonds. The van der Waals surface area contributed by atoms with Gasteiger partial charge in [0.25, 0.3) is 10.0 Å². The van der Waals surface area contributed by atoms with E-state index in [4.69, 9.17) is 21.1 Å². The van der Waals surface area contributed by atoms with Crippen molar-refractivity contribution in [2.45, 2.75) is 55.4 Å². The first-order valence-electron chi connectivity index (χ1n) is 15.5. The van der Waals surface area contributed by atoms with E-state index in [0.717, 1.165) is 22.3 Å². The van der Waals surface area contributed by atoms with E-state index in [0.29, 0.717) is 43.2 Å². The summed E-state index contributed by atoms with van der Waals surface area (Å²) in [5, 5.41) is 21.6. The molecule has 46 heavy (non-hydrogen) atoms. The fourth-order valence-corrected chi connectivity index (χ4v) is 7.46. The number of anilines is 1. The first kappa shape index (κ1) is 32.7. The van der Waals surface area contributed by atoms with Gasteiger partial charge in [0.2, 0.25) is 0 Å². The first-order valence-corrected chi connectivity index (χ1v) is 17.4. The topological polar surface area (TPSA) is 108 Å². The molecule has 0 radical (unpaired) electrons. The molecule has 2 aliphatic heterocycles. The summed E-state index contributed by atoms with van der Waals surface area (Å²) in [6, 6.07) is 30.5. The number of piperidine rings is 1. The number of sulfonamides is 1. The molecule has 2 aliphatic rings. The molecule has 4 atom stereocenters. The molecule has 4 aromatic carbocycles. The van der Waals surface area contributed by atoms with E-state index in [1.807, 2.05) is 60.7 Å². The molecular formula is C36H39ClN2O6S. The zero-order chi connectivity index (χ0) is 32.3. The highest BCUT2D eigenvalue weighted by Crippen LogP contribution is 2.43. The summed E-state index contributed by atoms with van der Waals surface area (Å²) in [7, 11) is -3.72. The second-order valence-corrected chi connectivity index (χ2v) is 14.3. The fraction of sp³-hybridized carbons (Fsp3) is 0.333. The van der Waals surface area contributed by atoms with Crippen molar-refractivity contribution in [3.8, 4) is 0 Å². The summed E-state index contributed by atoms with van der Waals surface area (Å²) in [6.07, 6.45) is 0.0616. The molecule has 0 spiro atoms. The number of benzene rings is 4. The minimum Gasteiger partial charge on any atom is -0.392 e. The summed E-state index contributed by atoms with van der Waals surface area (Å²) < 4.78 is 41.5. The van der Waals surface area contributed by atoms with Crippen molar-refractivity contribution in [2.24, 2.45) is 5.92 Å². The predicted octanol–water partition coefficient (Wildman–Crippen LogP) is 6.41. The molecule has 6 rings (SSSR count). The number of aliphatic hydroxyl groups is 2. The van der Waals surface area contributed by atoms with Crippen LogP contribution in [0.1, 0.15) is 54.4 Å². The summed E-state index contributed by atoms with van der Waals surface area (Å²) >= 11 is 6.07. The quantitative estimate of drug-likeness (QED) is 0.190. The van der Waals surface area contributed by atoms with Crippen LogP contribution < -0.4 is 4.72 Å². The van der Waals surface area contributed by atoms with E-state index in [-0.39, 0.29) is 29.6 Å². The number of likely N-dealkylation sites (tertiary alicyclic amines) is 1. The van der Waals surface area contributed by atoms with E-state index < -0.39 is 21.9 Å². The summed E-state index contributed by atoms with van der Waals surface area (Å²) in [6.45, 7) is 4.18. The number of halogens is 1. The van der Waals surface area contributed by atoms with E-state index in [9.17, 15) is 18.6 Å². The van der Waals surface area contributed by atoms with Gasteiger partial charge in [-0.2, -0.15) is 0 Å². The zero-order valence-electron chi connectivity index (χ0n) is 25.6. The van der Waals surface area contributed by atoms with E-state index in [1.54, 1.807) is 42.5 Å². The van der Waals surface area contributed by atoms with Gasteiger partial charge in [0.05, 0.1) is 29.3 Å². The maximum absolute atomic E-state index is 12.8. The van der Waals surface area contributed by atoms with Gasteiger partial charge in [-0.05, 0) is 65.9 Å². The number of rotatable bonds is 9. The minimum atomic E-state index is -3.72. The Bertz CT molecular complexity index is 1690. The van der Waals surface area contributed by atoms with Crippen LogP contribution >= 0.6 is 11.6 Å². The Hall–Kier alpha value is -3.28. The van der Waals surface area contributed by atoms with Crippen molar-refractivity contribution in [3.05, 3.63) is 130 Å². The van der Waals surface area contributed by atoms with Gasteiger partial charge in [-0.1, -0.05) is 85.3 Å². The lowest BCUT2D eigenvalue weighted by atomic mass is 9.84. The molecule has 0 unspecified atom stereocenters. The van der Waals surface area contributed by atoms with Crippen LogP contribution in [0.2, 0.25) is 5.02 Å². The molecule has 2 fully saturated rings. The van der Waals surface area contributed by atoms with Gasteiger partial charge in [0.15, 0.2) is 6.29 Å². The lowest BCUT2D eigenvalue weighted by molar-refractivity contribution is -0.277. The van der Waals surface area contributed by atoms with E-state index in [2.05, 4.69) is 16.5 Å². The molecule has 4 aromatic rings. The Balaban J connectivity index is 1.19. The molecule has 8 nitrogen and oxygen atoms in total. The smallest absolute Gasteiger partial charge is 0.261 e. The van der Waals surface area contributed by atoms with Gasteiger partial charge >= 0.3 is 0 Å². The average molecular weight is 663 g/mol. The summed E-state index contributed by atoms with van der Waals surface area (Å²) in [5.74, 6) is 0.00487. The highest BCUT2D eigenvalue weighted by Gasteiger charge is 2.41. The number of aliphatic hydroxyl groups excluding tert-OH is 1. The molecule has 242 valence electrons. The normalized spacial score (nSPS) is 23.6. The lowest BCUT2D eigenvalue weighted by Crippen LogP contribution is -2.49. The maximum Gasteiger partial charge on any atom is 0.261 e. The molecule has 0 saturated carbocycles. The average Bonchev–Trinajstić information content (AvgIpc) is 3.08. The van der Waals surface area contributed by atoms with Gasteiger partial charge in [0.1, 0.15) is 0 Å². The van der Waals surface area contributed by atoms with Crippen LogP contribution in [0.3, 0.4) is 0 Å². The molecule has 0 aliphatic carbocycles. The van der Waals surface area contributed by atoms with Crippen LogP contribution in [0, 0.1) is 5.92 Å². The highest BCUT2D eigenvalue weighted by atomic mass is 35.5. The monoisotopic (exact) mass is 662 g/mol. The van der Waals surface area contributed by atoms with Gasteiger partial charge < -0.3 is 24.6 Å². The van der Waals surface area contributed by atoms with Crippen molar-refractivity contribution < 1.29 is 28.1 Å². The molecule has 0 aromatic heterocycles. The SMILES string of the molecule is C[C@@H]1[C@H](CN2CCC(O)(c3ccc(Cl)cc3)CC2)O[C@H](c2ccc(NS(=O)(=O)c3ccccc3)cc2)O[C@@H]1c1ccc(CO)cc1. The number of hydrogen-bond donors (Lipinski definition) is 3. The lowest BCUT2D eigenvalue weighted by Gasteiger charge is -2.45. The van der Waals surface area contributed by atoms with Crippen molar-refractivity contribution in [1.29, 1.82) is 0 Å². The number of hydrogen-bond acceptors (Lipinski definition) is 7. The Labute approximate surface area is 275 Å². The number of ether oxygens (including phenoxy) is 2. The van der Waals surface area contributed by atoms with Gasteiger partial charge in [0, 0.05) is 41.8 Å². The Morgan fingerprint density at radius 2 is 1.50 bits per heavy atom. The van der Waals surface area contributed by atoms with Crippen LogP contribution in [0.4, 0.5) is 5.69 Å². The zero-order valence-corrected chi connectivity index (χ0v) is 27.2. The van der Waals surface area contributed by atoms with Crippen molar-refractivity contribution in [1.82, 2.24) is 4.90 Å². The van der Waals surface area contributed by atoms with Crippen LogP contribution in [0.15, 0.2) is 108 Å². The van der Waals surface area contributed by atoms with Crippen LogP contribution in [-0.4, -0.2) is 49.3 Å². The summed E-state index contributed by atoms with van der Waals surface area (Å²) in [4.78, 5) is 2.52. The maximum atomic E-state index is 12.8. The first-order chi connectivity index (χ1) is 22.1. The van der Waals surface area contributed by atoms with Crippen LogP contribution in [0.25, 0.3) is 0 Å². The summed E-state index contributed by atoms with van der Waals surface area (Å²) in [5.41, 5.74) is 3.01. The Morgan fingerprint density at radius 3 is 2.13 bits per heavy atom. The standard InChI is InChI=1S/C36H39ClN2O6S/c1-25-33(23-39-21-19-36(41,20-22-39)29-13-15-30(37)16-14-29)44-35(45-34(25)27-9-7-26(24-40)8-10-27)28-11-17-31(18-12-28)38-46(42,43)32-5-3-2-4-6-32/h2-18,25,33-35,38,40-41H,19-24H2,1H3/t25-,33+,34+,35+/m1/s1. The van der Waals surface area contributed by atoms with Crippen molar-refractivity contribution in [3.63, 3.8) is 0 Å². The molecule has 2 saturated heterocycles. The second kappa shape index (κ2) is 13.8. The fourth-order valence-electron chi connectivity index (χ4n) is 6.26. The predicted molar refractivity (Wildman–Crippen MR) is 178 cm³/mol. The third-order valence-corrected chi connectivity index (χ3v) is 10.8. The molecule has 2 heterocycles. The van der Waals surface area contributed by atoms with Gasteiger partial charge in [-0.25, -0.2) is 8.42 Å². The Kier molecular flexibility index (Phi) is 9.82. The highest BCUT2D eigenvalue weighted by molar-refractivity contribution is 7.92. The molecule has 10 heteroatoms. The van der Waals surface area contributed by atoms with Crippen LogP contribution in [-0.2, 0) is 31.7 Å². The molecule has 3 N–H and O–H groups in total. The largest absolute Gasteiger partial charge is 0.392 e. The van der Waals surface area contributed by atoms with E-state index >= 15 is 0 Å². The molecule has 0 bridgehead atoms. The Morgan fingerprint density at radius 1 is 0.870 bits per heavy atom. The number of nitrogens with zero attached hydrogens (tertiary/aromatic N) is 1. The number of nitrogens with one attached hydrogen (secondary N) is 1. The van der Waals surface area contributed by atoms with Crippen LogP contribution in [0.5, 0.6) is 0 Å². The van der Waals surface area contributed by atoms with Gasteiger partial charge in [-0.3, -0.25) is 4.72 Å². The molecular weight excluding hydrogens is 624 g/mol. The third kappa shape index (κ3) is 7.31. The minimum absolute atomic E-state index is 0.00487.